The topological polar surface area (TPSA) is 44.5 Å². The van der Waals surface area contributed by atoms with Crippen LogP contribution in [0, 0.1) is 0 Å². The smallest absolute Gasteiger partial charge is 0.139 e. The van der Waals surface area contributed by atoms with E-state index < -0.39 is 0 Å². The van der Waals surface area contributed by atoms with Crippen molar-refractivity contribution in [2.45, 2.75) is 0 Å². The number of rotatable bonds is 6. The summed E-state index contributed by atoms with van der Waals surface area (Å²) in [5, 5.41) is 1.13. The third kappa shape index (κ3) is 4.71. The molecule has 0 unspecified atom stereocenters. The molecular formula is C10H13Cl2NO2. The van der Waals surface area contributed by atoms with E-state index in [1.807, 2.05) is 0 Å². The second kappa shape index (κ2) is 6.90. The number of benzene rings is 1. The first-order valence-corrected chi connectivity index (χ1v) is 5.35. The van der Waals surface area contributed by atoms with Gasteiger partial charge in [-0.1, -0.05) is 23.2 Å². The Kier molecular flexibility index (Phi) is 5.79. The van der Waals surface area contributed by atoms with Crippen molar-refractivity contribution in [3.05, 3.63) is 28.2 Å². The van der Waals surface area contributed by atoms with Gasteiger partial charge in [0.05, 0.1) is 18.2 Å². The van der Waals surface area contributed by atoms with Crippen LogP contribution in [-0.2, 0) is 4.74 Å². The van der Waals surface area contributed by atoms with E-state index in [2.05, 4.69) is 0 Å². The van der Waals surface area contributed by atoms with Crippen LogP contribution in [0.15, 0.2) is 18.2 Å². The lowest BCUT2D eigenvalue weighted by molar-refractivity contribution is 0.106. The largest absolute Gasteiger partial charge is 0.490 e. The van der Waals surface area contributed by atoms with Crippen LogP contribution in [0.4, 0.5) is 0 Å². The van der Waals surface area contributed by atoms with Crippen LogP contribution in [0.1, 0.15) is 0 Å². The summed E-state index contributed by atoms with van der Waals surface area (Å²) in [6.07, 6.45) is 0. The first kappa shape index (κ1) is 12.6. The Bertz CT molecular complexity index is 307. The van der Waals surface area contributed by atoms with Gasteiger partial charge >= 0.3 is 0 Å². The van der Waals surface area contributed by atoms with E-state index in [0.717, 1.165) is 0 Å². The lowest BCUT2D eigenvalue weighted by Crippen LogP contribution is -2.13. The van der Waals surface area contributed by atoms with E-state index in [-0.39, 0.29) is 0 Å². The summed E-state index contributed by atoms with van der Waals surface area (Å²) in [6, 6.07) is 5.08. The van der Waals surface area contributed by atoms with E-state index in [4.69, 9.17) is 38.4 Å². The standard InChI is InChI=1S/C10H13Cl2NO2/c11-8-1-2-9(12)10(7-8)15-6-5-14-4-3-13/h1-2,7H,3-6,13H2. The molecule has 0 atom stereocenters. The van der Waals surface area contributed by atoms with Gasteiger partial charge in [0.25, 0.3) is 0 Å². The average Bonchev–Trinajstić information content (AvgIpc) is 2.23. The zero-order valence-electron chi connectivity index (χ0n) is 8.21. The molecule has 1 aromatic rings. The molecular weight excluding hydrogens is 237 g/mol. The fraction of sp³-hybridized carbons (Fsp3) is 0.400. The maximum atomic E-state index is 5.89. The monoisotopic (exact) mass is 249 g/mol. The Morgan fingerprint density at radius 1 is 1.13 bits per heavy atom. The molecule has 0 aliphatic rings. The quantitative estimate of drug-likeness (QED) is 0.788. The van der Waals surface area contributed by atoms with Crippen molar-refractivity contribution in [1.82, 2.24) is 0 Å². The van der Waals surface area contributed by atoms with Gasteiger partial charge in [0, 0.05) is 17.6 Å². The second-order valence-electron chi connectivity index (χ2n) is 2.82. The van der Waals surface area contributed by atoms with Gasteiger partial charge in [0.15, 0.2) is 0 Å². The third-order valence-corrected chi connectivity index (χ3v) is 2.19. The zero-order valence-corrected chi connectivity index (χ0v) is 9.72. The van der Waals surface area contributed by atoms with Gasteiger partial charge in [-0.2, -0.15) is 0 Å². The first-order chi connectivity index (χ1) is 7.24. The summed E-state index contributed by atoms with van der Waals surface area (Å²) < 4.78 is 10.5. The van der Waals surface area contributed by atoms with Crippen molar-refractivity contribution < 1.29 is 9.47 Å². The summed E-state index contributed by atoms with van der Waals surface area (Å²) in [5.74, 6) is 0.570. The second-order valence-corrected chi connectivity index (χ2v) is 3.67. The zero-order chi connectivity index (χ0) is 11.1. The molecule has 84 valence electrons. The highest BCUT2D eigenvalue weighted by Crippen LogP contribution is 2.27. The summed E-state index contributed by atoms with van der Waals surface area (Å²) >= 11 is 11.7. The SMILES string of the molecule is NCCOCCOc1cc(Cl)ccc1Cl. The molecule has 15 heavy (non-hydrogen) atoms. The minimum absolute atomic E-state index is 0.431. The molecule has 0 aromatic heterocycles. The van der Waals surface area contributed by atoms with Gasteiger partial charge in [0.2, 0.25) is 0 Å². The van der Waals surface area contributed by atoms with E-state index >= 15 is 0 Å². The van der Waals surface area contributed by atoms with Crippen molar-refractivity contribution in [3.8, 4) is 5.75 Å². The molecule has 2 N–H and O–H groups in total. The van der Waals surface area contributed by atoms with Gasteiger partial charge < -0.3 is 15.2 Å². The summed E-state index contributed by atoms with van der Waals surface area (Å²) in [5.41, 5.74) is 5.26. The lowest BCUT2D eigenvalue weighted by Gasteiger charge is -2.08. The van der Waals surface area contributed by atoms with Crippen molar-refractivity contribution in [1.29, 1.82) is 0 Å². The number of nitrogens with two attached hydrogens (primary N) is 1. The Morgan fingerprint density at radius 2 is 1.93 bits per heavy atom. The van der Waals surface area contributed by atoms with E-state index in [1.165, 1.54) is 0 Å². The van der Waals surface area contributed by atoms with Gasteiger partial charge in [-0.25, -0.2) is 0 Å². The van der Waals surface area contributed by atoms with E-state index in [0.29, 0.717) is 42.2 Å². The molecule has 0 heterocycles. The van der Waals surface area contributed by atoms with Crippen LogP contribution in [0.3, 0.4) is 0 Å². The molecule has 0 saturated carbocycles. The fourth-order valence-electron chi connectivity index (χ4n) is 0.984. The highest BCUT2D eigenvalue weighted by atomic mass is 35.5. The molecule has 0 fully saturated rings. The van der Waals surface area contributed by atoms with Crippen LogP contribution in [0.2, 0.25) is 10.0 Å². The van der Waals surface area contributed by atoms with Crippen LogP contribution >= 0.6 is 23.2 Å². The molecule has 3 nitrogen and oxygen atoms in total. The van der Waals surface area contributed by atoms with Crippen molar-refractivity contribution in [2.75, 3.05) is 26.4 Å². The van der Waals surface area contributed by atoms with Gasteiger partial charge in [-0.15, -0.1) is 0 Å². The molecule has 0 saturated heterocycles. The average molecular weight is 250 g/mol. The predicted molar refractivity (Wildman–Crippen MR) is 61.8 cm³/mol. The van der Waals surface area contributed by atoms with E-state index in [9.17, 15) is 0 Å². The molecule has 0 aliphatic carbocycles. The van der Waals surface area contributed by atoms with Crippen LogP contribution in [0.25, 0.3) is 0 Å². The van der Waals surface area contributed by atoms with E-state index in [1.54, 1.807) is 18.2 Å². The van der Waals surface area contributed by atoms with Crippen LogP contribution in [-0.4, -0.2) is 26.4 Å². The minimum atomic E-state index is 0.431. The van der Waals surface area contributed by atoms with Gasteiger partial charge in [-0.3, -0.25) is 0 Å². The van der Waals surface area contributed by atoms with Gasteiger partial charge in [-0.05, 0) is 12.1 Å². The predicted octanol–water partition coefficient (Wildman–Crippen LogP) is 2.35. The lowest BCUT2D eigenvalue weighted by atomic mass is 10.3. The summed E-state index contributed by atoms with van der Waals surface area (Å²) in [6.45, 7) is 1.96. The van der Waals surface area contributed by atoms with Gasteiger partial charge in [0.1, 0.15) is 12.4 Å². The molecule has 5 heteroatoms. The number of hydrogen-bond donors (Lipinski definition) is 1. The Balaban J connectivity index is 2.33. The Hall–Kier alpha value is -0.480. The van der Waals surface area contributed by atoms with Crippen LogP contribution in [0.5, 0.6) is 5.75 Å². The molecule has 0 bridgehead atoms. The highest BCUT2D eigenvalue weighted by molar-refractivity contribution is 6.34. The third-order valence-electron chi connectivity index (χ3n) is 1.64. The minimum Gasteiger partial charge on any atom is -0.490 e. The molecule has 1 rings (SSSR count). The number of hydrogen-bond acceptors (Lipinski definition) is 3. The molecule has 0 aliphatic heterocycles. The number of ether oxygens (including phenoxy) is 2. The fourth-order valence-corrected chi connectivity index (χ4v) is 1.32. The molecule has 0 radical (unpaired) electrons. The molecule has 0 spiro atoms. The maximum Gasteiger partial charge on any atom is 0.139 e. The molecule has 0 amide bonds. The van der Waals surface area contributed by atoms with Crippen molar-refractivity contribution in [2.24, 2.45) is 5.73 Å². The normalized spacial score (nSPS) is 10.3. The Labute approximate surface area is 99.1 Å². The highest BCUT2D eigenvalue weighted by Gasteiger charge is 2.01. The van der Waals surface area contributed by atoms with Crippen LogP contribution < -0.4 is 10.5 Å². The maximum absolute atomic E-state index is 5.89. The summed E-state index contributed by atoms with van der Waals surface area (Å²) in [7, 11) is 0. The summed E-state index contributed by atoms with van der Waals surface area (Å²) in [4.78, 5) is 0. The Morgan fingerprint density at radius 3 is 2.67 bits per heavy atom. The molecule has 1 aromatic carbocycles. The number of halogens is 2. The first-order valence-electron chi connectivity index (χ1n) is 4.59. The van der Waals surface area contributed by atoms with Crippen molar-refractivity contribution >= 4 is 23.2 Å². The van der Waals surface area contributed by atoms with Crippen molar-refractivity contribution in [3.63, 3.8) is 0 Å².